The van der Waals surface area contributed by atoms with Crippen LogP contribution in [-0.2, 0) is 0 Å². The highest BCUT2D eigenvalue weighted by molar-refractivity contribution is 5.25. The molecule has 20 heavy (non-hydrogen) atoms. The second-order valence-corrected chi connectivity index (χ2v) is 6.61. The lowest BCUT2D eigenvalue weighted by atomic mass is 9.81. The van der Waals surface area contributed by atoms with Gasteiger partial charge in [0.1, 0.15) is 5.82 Å². The van der Waals surface area contributed by atoms with Crippen LogP contribution in [0.15, 0.2) is 18.2 Å². The van der Waals surface area contributed by atoms with Gasteiger partial charge in [0, 0.05) is 6.04 Å². The SMILES string of the molecule is Cc1ccc(C(C)NCCC2CCCC(C)C2)cc1F. The first kappa shape index (κ1) is 15.5. The van der Waals surface area contributed by atoms with Crippen LogP contribution < -0.4 is 5.32 Å². The molecule has 2 rings (SSSR count). The minimum absolute atomic E-state index is 0.0998. The van der Waals surface area contributed by atoms with Crippen LogP contribution in [0.25, 0.3) is 0 Å². The molecule has 0 aromatic heterocycles. The lowest BCUT2D eigenvalue weighted by molar-refractivity contribution is 0.265. The van der Waals surface area contributed by atoms with E-state index in [0.29, 0.717) is 0 Å². The van der Waals surface area contributed by atoms with Crippen LogP contribution in [0, 0.1) is 24.6 Å². The van der Waals surface area contributed by atoms with E-state index in [9.17, 15) is 4.39 Å². The van der Waals surface area contributed by atoms with E-state index in [1.165, 1.54) is 32.1 Å². The maximum atomic E-state index is 13.6. The first-order valence-corrected chi connectivity index (χ1v) is 8.05. The molecule has 1 aliphatic carbocycles. The van der Waals surface area contributed by atoms with Crippen molar-refractivity contribution in [2.45, 2.75) is 58.9 Å². The van der Waals surface area contributed by atoms with Crippen molar-refractivity contribution in [2.24, 2.45) is 11.8 Å². The second-order valence-electron chi connectivity index (χ2n) is 6.61. The van der Waals surface area contributed by atoms with Gasteiger partial charge in [-0.3, -0.25) is 0 Å². The largest absolute Gasteiger partial charge is 0.310 e. The number of rotatable bonds is 5. The van der Waals surface area contributed by atoms with Crippen molar-refractivity contribution in [3.05, 3.63) is 35.1 Å². The van der Waals surface area contributed by atoms with Gasteiger partial charge in [0.2, 0.25) is 0 Å². The predicted molar refractivity (Wildman–Crippen MR) is 83.3 cm³/mol. The molecule has 1 fully saturated rings. The second kappa shape index (κ2) is 7.21. The topological polar surface area (TPSA) is 12.0 Å². The molecular formula is C18H28FN. The van der Waals surface area contributed by atoms with Crippen molar-refractivity contribution in [2.75, 3.05) is 6.54 Å². The van der Waals surface area contributed by atoms with Crippen molar-refractivity contribution in [1.82, 2.24) is 5.32 Å². The fraction of sp³-hybridized carbons (Fsp3) is 0.667. The maximum Gasteiger partial charge on any atom is 0.126 e. The Bertz CT molecular complexity index is 429. The van der Waals surface area contributed by atoms with E-state index in [1.54, 1.807) is 13.0 Å². The molecule has 0 aliphatic heterocycles. The average molecular weight is 277 g/mol. The fourth-order valence-electron chi connectivity index (χ4n) is 3.32. The number of hydrogen-bond acceptors (Lipinski definition) is 1. The van der Waals surface area contributed by atoms with E-state index in [4.69, 9.17) is 0 Å². The zero-order valence-electron chi connectivity index (χ0n) is 13.1. The molecule has 112 valence electrons. The summed E-state index contributed by atoms with van der Waals surface area (Å²) in [5.74, 6) is 1.68. The van der Waals surface area contributed by atoms with Crippen molar-refractivity contribution in [3.63, 3.8) is 0 Å². The van der Waals surface area contributed by atoms with E-state index < -0.39 is 0 Å². The Morgan fingerprint density at radius 2 is 2.15 bits per heavy atom. The van der Waals surface area contributed by atoms with Crippen LogP contribution >= 0.6 is 0 Å². The summed E-state index contributed by atoms with van der Waals surface area (Å²) < 4.78 is 13.6. The molecule has 1 aliphatic rings. The number of halogens is 1. The van der Waals surface area contributed by atoms with E-state index in [-0.39, 0.29) is 11.9 Å². The van der Waals surface area contributed by atoms with Crippen LogP contribution in [-0.4, -0.2) is 6.54 Å². The van der Waals surface area contributed by atoms with Crippen LogP contribution in [0.4, 0.5) is 4.39 Å². The molecule has 0 saturated heterocycles. The van der Waals surface area contributed by atoms with Gasteiger partial charge in [-0.2, -0.15) is 0 Å². The summed E-state index contributed by atoms with van der Waals surface area (Å²) in [7, 11) is 0. The van der Waals surface area contributed by atoms with Gasteiger partial charge in [-0.25, -0.2) is 4.39 Å². The third-order valence-corrected chi connectivity index (χ3v) is 4.74. The summed E-state index contributed by atoms with van der Waals surface area (Å²) in [6.45, 7) is 7.33. The molecule has 3 unspecified atom stereocenters. The average Bonchev–Trinajstić information content (AvgIpc) is 2.42. The fourth-order valence-corrected chi connectivity index (χ4v) is 3.32. The highest BCUT2D eigenvalue weighted by Crippen LogP contribution is 2.30. The Morgan fingerprint density at radius 3 is 2.85 bits per heavy atom. The zero-order chi connectivity index (χ0) is 14.5. The summed E-state index contributed by atoms with van der Waals surface area (Å²) in [5, 5.41) is 3.54. The van der Waals surface area contributed by atoms with E-state index >= 15 is 0 Å². The Labute approximate surface area is 123 Å². The third kappa shape index (κ3) is 4.31. The Morgan fingerprint density at radius 1 is 1.35 bits per heavy atom. The number of nitrogens with one attached hydrogen (secondary N) is 1. The van der Waals surface area contributed by atoms with Crippen LogP contribution in [0.2, 0.25) is 0 Å². The lowest BCUT2D eigenvalue weighted by Gasteiger charge is -2.27. The summed E-state index contributed by atoms with van der Waals surface area (Å²) in [6.07, 6.45) is 6.82. The molecule has 1 aromatic rings. The minimum Gasteiger partial charge on any atom is -0.310 e. The summed E-state index contributed by atoms with van der Waals surface area (Å²) in [6, 6.07) is 5.78. The molecule has 0 amide bonds. The Hall–Kier alpha value is -0.890. The third-order valence-electron chi connectivity index (χ3n) is 4.74. The van der Waals surface area contributed by atoms with Crippen molar-refractivity contribution in [1.29, 1.82) is 0 Å². The van der Waals surface area contributed by atoms with Crippen LogP contribution in [0.1, 0.15) is 63.1 Å². The molecule has 1 saturated carbocycles. The standard InChI is InChI=1S/C18H28FN/c1-13-5-4-6-16(11-13)9-10-20-15(3)17-8-7-14(2)18(19)12-17/h7-8,12-13,15-16,20H,4-6,9-11H2,1-3H3. The minimum atomic E-state index is -0.0998. The Kier molecular flexibility index (Phi) is 5.59. The number of aryl methyl sites for hydroxylation is 1. The summed E-state index contributed by atoms with van der Waals surface area (Å²) in [4.78, 5) is 0. The van der Waals surface area contributed by atoms with Gasteiger partial charge in [0.15, 0.2) is 0 Å². The number of benzene rings is 1. The van der Waals surface area contributed by atoms with Gasteiger partial charge in [-0.15, -0.1) is 0 Å². The first-order chi connectivity index (χ1) is 9.56. The maximum absolute atomic E-state index is 13.6. The van der Waals surface area contributed by atoms with Gasteiger partial charge < -0.3 is 5.32 Å². The van der Waals surface area contributed by atoms with Gasteiger partial charge in [-0.1, -0.05) is 38.3 Å². The van der Waals surface area contributed by atoms with Gasteiger partial charge >= 0.3 is 0 Å². The van der Waals surface area contributed by atoms with Crippen molar-refractivity contribution >= 4 is 0 Å². The Balaban J connectivity index is 1.77. The predicted octanol–water partition coefficient (Wildman–Crippen LogP) is 5.00. The van der Waals surface area contributed by atoms with Gasteiger partial charge in [0.25, 0.3) is 0 Å². The molecule has 1 aromatic carbocycles. The van der Waals surface area contributed by atoms with E-state index in [1.807, 2.05) is 12.1 Å². The monoisotopic (exact) mass is 277 g/mol. The van der Waals surface area contributed by atoms with E-state index in [0.717, 1.165) is 29.5 Å². The molecule has 0 bridgehead atoms. The van der Waals surface area contributed by atoms with Crippen LogP contribution in [0.3, 0.4) is 0 Å². The van der Waals surface area contributed by atoms with Crippen molar-refractivity contribution in [3.8, 4) is 0 Å². The van der Waals surface area contributed by atoms with Gasteiger partial charge in [0.05, 0.1) is 0 Å². The quantitative estimate of drug-likeness (QED) is 0.798. The summed E-state index contributed by atoms with van der Waals surface area (Å²) >= 11 is 0. The smallest absolute Gasteiger partial charge is 0.126 e. The van der Waals surface area contributed by atoms with Gasteiger partial charge in [-0.05, 0) is 62.3 Å². The normalized spacial score (nSPS) is 24.6. The number of hydrogen-bond donors (Lipinski definition) is 1. The lowest BCUT2D eigenvalue weighted by Crippen LogP contribution is -2.24. The molecule has 2 heteroatoms. The highest BCUT2D eigenvalue weighted by atomic mass is 19.1. The zero-order valence-corrected chi connectivity index (χ0v) is 13.1. The molecule has 0 radical (unpaired) electrons. The molecule has 0 spiro atoms. The highest BCUT2D eigenvalue weighted by Gasteiger charge is 2.18. The molecular weight excluding hydrogens is 249 g/mol. The molecule has 3 atom stereocenters. The molecule has 1 nitrogen and oxygen atoms in total. The molecule has 1 N–H and O–H groups in total. The van der Waals surface area contributed by atoms with Crippen molar-refractivity contribution < 1.29 is 4.39 Å². The molecule has 0 heterocycles. The summed E-state index contributed by atoms with van der Waals surface area (Å²) in [5.41, 5.74) is 1.77. The van der Waals surface area contributed by atoms with Crippen LogP contribution in [0.5, 0.6) is 0 Å². The first-order valence-electron chi connectivity index (χ1n) is 8.05. The van der Waals surface area contributed by atoms with E-state index in [2.05, 4.69) is 19.2 Å².